The summed E-state index contributed by atoms with van der Waals surface area (Å²) in [6, 6.07) is 7.95. The van der Waals surface area contributed by atoms with Crippen molar-refractivity contribution in [2.24, 2.45) is 0 Å². The maximum atomic E-state index is 10.9. The van der Waals surface area contributed by atoms with E-state index < -0.39 is 4.92 Å². The van der Waals surface area contributed by atoms with Crippen LogP contribution in [0.3, 0.4) is 0 Å². The molecule has 1 heterocycles. The van der Waals surface area contributed by atoms with E-state index in [2.05, 4.69) is 9.97 Å². The molecule has 7 heteroatoms. The quantitative estimate of drug-likeness (QED) is 0.283. The van der Waals surface area contributed by atoms with E-state index in [0.29, 0.717) is 5.75 Å². The second-order valence-electron chi connectivity index (χ2n) is 3.86. The number of hydrogen-bond acceptors (Lipinski definition) is 5. The fraction of sp³-hybridized carbons (Fsp3) is 0.167. The Kier molecular flexibility index (Phi) is 4.34. The molecule has 2 rings (SSSR count). The lowest BCUT2D eigenvalue weighted by molar-refractivity contribution is -0.388. The number of thioether (sulfide) groups is 1. The summed E-state index contributed by atoms with van der Waals surface area (Å²) in [7, 11) is 0. The van der Waals surface area contributed by atoms with Crippen molar-refractivity contribution in [2.75, 3.05) is 0 Å². The van der Waals surface area contributed by atoms with E-state index in [1.165, 1.54) is 11.8 Å². The van der Waals surface area contributed by atoms with Gasteiger partial charge in [-0.1, -0.05) is 41.6 Å². The standard InChI is InChI=1S/C12H10ClN3O2S/c1-8-3-2-4-9(5-8)7-19-11-10(16(17)18)6-14-12(13)15-11/h2-6H,7H2,1H3. The third-order valence-electron chi connectivity index (χ3n) is 2.36. The first-order chi connectivity index (χ1) is 9.06. The second kappa shape index (κ2) is 5.99. The molecule has 0 radical (unpaired) electrons. The highest BCUT2D eigenvalue weighted by molar-refractivity contribution is 7.98. The Balaban J connectivity index is 2.19. The summed E-state index contributed by atoms with van der Waals surface area (Å²) in [4.78, 5) is 17.9. The Morgan fingerprint density at radius 1 is 1.47 bits per heavy atom. The molecule has 2 aromatic rings. The van der Waals surface area contributed by atoms with Gasteiger partial charge in [0.2, 0.25) is 5.28 Å². The van der Waals surface area contributed by atoms with Crippen molar-refractivity contribution in [1.82, 2.24) is 9.97 Å². The van der Waals surface area contributed by atoms with Crippen molar-refractivity contribution < 1.29 is 4.92 Å². The molecular weight excluding hydrogens is 286 g/mol. The van der Waals surface area contributed by atoms with Gasteiger partial charge in [0.15, 0.2) is 5.03 Å². The van der Waals surface area contributed by atoms with Gasteiger partial charge in [0.05, 0.1) is 4.92 Å². The molecular formula is C12H10ClN3O2S. The molecule has 0 aliphatic heterocycles. The van der Waals surface area contributed by atoms with Crippen molar-refractivity contribution in [2.45, 2.75) is 17.7 Å². The lowest BCUT2D eigenvalue weighted by Crippen LogP contribution is -1.96. The predicted molar refractivity (Wildman–Crippen MR) is 74.4 cm³/mol. The number of hydrogen-bond donors (Lipinski definition) is 0. The number of aromatic nitrogens is 2. The van der Waals surface area contributed by atoms with E-state index in [1.54, 1.807) is 0 Å². The maximum Gasteiger partial charge on any atom is 0.319 e. The van der Waals surface area contributed by atoms with Crippen LogP contribution in [0, 0.1) is 17.0 Å². The summed E-state index contributed by atoms with van der Waals surface area (Å²) in [6.45, 7) is 2.00. The Bertz CT molecular complexity index is 622. The van der Waals surface area contributed by atoms with Crippen LogP contribution in [0.25, 0.3) is 0 Å². The van der Waals surface area contributed by atoms with Gasteiger partial charge < -0.3 is 0 Å². The largest absolute Gasteiger partial charge is 0.319 e. The van der Waals surface area contributed by atoms with Crippen LogP contribution in [0.4, 0.5) is 5.69 Å². The molecule has 1 aromatic heterocycles. The smallest absolute Gasteiger partial charge is 0.258 e. The van der Waals surface area contributed by atoms with Gasteiger partial charge in [0.25, 0.3) is 0 Å². The summed E-state index contributed by atoms with van der Waals surface area (Å²) >= 11 is 6.94. The number of halogens is 1. The van der Waals surface area contributed by atoms with E-state index in [4.69, 9.17) is 11.6 Å². The molecule has 1 aromatic carbocycles. The minimum Gasteiger partial charge on any atom is -0.258 e. The van der Waals surface area contributed by atoms with Crippen molar-refractivity contribution in [3.05, 3.63) is 57.0 Å². The van der Waals surface area contributed by atoms with Crippen LogP contribution in [0.2, 0.25) is 5.28 Å². The van der Waals surface area contributed by atoms with Crippen molar-refractivity contribution in [1.29, 1.82) is 0 Å². The molecule has 0 bridgehead atoms. The van der Waals surface area contributed by atoms with Crippen LogP contribution in [-0.4, -0.2) is 14.9 Å². The molecule has 0 amide bonds. The van der Waals surface area contributed by atoms with Gasteiger partial charge in [-0.3, -0.25) is 10.1 Å². The fourth-order valence-corrected chi connectivity index (χ4v) is 2.62. The monoisotopic (exact) mass is 295 g/mol. The molecule has 0 unspecified atom stereocenters. The normalized spacial score (nSPS) is 10.4. The summed E-state index contributed by atoms with van der Waals surface area (Å²) in [5.74, 6) is 0.593. The first kappa shape index (κ1) is 13.8. The van der Waals surface area contributed by atoms with Crippen LogP contribution in [0.1, 0.15) is 11.1 Å². The van der Waals surface area contributed by atoms with Gasteiger partial charge >= 0.3 is 5.69 Å². The lowest BCUT2D eigenvalue weighted by Gasteiger charge is -2.03. The molecule has 0 fully saturated rings. The first-order valence-corrected chi connectivity index (χ1v) is 6.78. The first-order valence-electron chi connectivity index (χ1n) is 5.41. The molecule has 0 aliphatic rings. The van der Waals surface area contributed by atoms with Crippen molar-refractivity contribution in [3.63, 3.8) is 0 Å². The van der Waals surface area contributed by atoms with E-state index in [9.17, 15) is 10.1 Å². The average Bonchev–Trinajstić information content (AvgIpc) is 2.36. The molecule has 19 heavy (non-hydrogen) atoms. The van der Waals surface area contributed by atoms with Crippen molar-refractivity contribution >= 4 is 29.1 Å². The molecule has 0 aliphatic carbocycles. The summed E-state index contributed by atoms with van der Waals surface area (Å²) in [6.07, 6.45) is 1.13. The van der Waals surface area contributed by atoms with Crippen LogP contribution < -0.4 is 0 Å². The number of aryl methyl sites for hydroxylation is 1. The minimum atomic E-state index is -0.505. The van der Waals surface area contributed by atoms with E-state index >= 15 is 0 Å². The van der Waals surface area contributed by atoms with Crippen molar-refractivity contribution in [3.8, 4) is 0 Å². The number of benzene rings is 1. The van der Waals surface area contributed by atoms with Crippen LogP contribution in [-0.2, 0) is 5.75 Å². The molecule has 0 saturated carbocycles. The van der Waals surface area contributed by atoms with Crippen LogP contribution in [0.15, 0.2) is 35.5 Å². The SMILES string of the molecule is Cc1cccc(CSc2nc(Cl)ncc2[N+](=O)[O-])c1. The zero-order valence-corrected chi connectivity index (χ0v) is 11.6. The summed E-state index contributed by atoms with van der Waals surface area (Å²) in [5.41, 5.74) is 2.10. The highest BCUT2D eigenvalue weighted by atomic mass is 35.5. The Labute approximate surface area is 119 Å². The molecule has 0 spiro atoms. The van der Waals surface area contributed by atoms with Crippen LogP contribution >= 0.6 is 23.4 Å². The zero-order valence-electron chi connectivity index (χ0n) is 10.0. The Morgan fingerprint density at radius 2 is 2.26 bits per heavy atom. The molecule has 98 valence electrons. The van der Waals surface area contributed by atoms with Gasteiger partial charge in [-0.2, -0.15) is 0 Å². The van der Waals surface area contributed by atoms with Gasteiger partial charge in [-0.05, 0) is 24.1 Å². The number of rotatable bonds is 4. The predicted octanol–water partition coefficient (Wildman–Crippen LogP) is 3.64. The lowest BCUT2D eigenvalue weighted by atomic mass is 10.2. The maximum absolute atomic E-state index is 10.9. The van der Waals surface area contributed by atoms with Gasteiger partial charge in [0, 0.05) is 5.75 Å². The molecule has 0 N–H and O–H groups in total. The van der Waals surface area contributed by atoms with E-state index in [1.807, 2.05) is 31.2 Å². The highest BCUT2D eigenvalue weighted by Gasteiger charge is 2.17. The minimum absolute atomic E-state index is 0.0114. The summed E-state index contributed by atoms with van der Waals surface area (Å²) in [5, 5.41) is 11.2. The van der Waals surface area contributed by atoms with Gasteiger partial charge in [-0.25, -0.2) is 9.97 Å². The fourth-order valence-electron chi connectivity index (χ4n) is 1.52. The number of nitro groups is 1. The second-order valence-corrected chi connectivity index (χ2v) is 5.17. The van der Waals surface area contributed by atoms with E-state index in [0.717, 1.165) is 17.3 Å². The average molecular weight is 296 g/mol. The van der Waals surface area contributed by atoms with Gasteiger partial charge in [-0.15, -0.1) is 0 Å². The van der Waals surface area contributed by atoms with Crippen LogP contribution in [0.5, 0.6) is 0 Å². The Morgan fingerprint density at radius 3 is 2.95 bits per heavy atom. The zero-order chi connectivity index (χ0) is 13.8. The Hall–Kier alpha value is -1.66. The number of nitrogens with zero attached hydrogens (tertiary/aromatic N) is 3. The molecule has 0 saturated heterocycles. The molecule has 0 atom stereocenters. The van der Waals surface area contributed by atoms with Gasteiger partial charge in [0.1, 0.15) is 6.20 Å². The summed E-state index contributed by atoms with van der Waals surface area (Å²) < 4.78 is 0. The topological polar surface area (TPSA) is 68.9 Å². The third-order valence-corrected chi connectivity index (χ3v) is 3.59. The van der Waals surface area contributed by atoms with E-state index in [-0.39, 0.29) is 16.0 Å². The molecule has 5 nitrogen and oxygen atoms in total. The third kappa shape index (κ3) is 3.65. The highest BCUT2D eigenvalue weighted by Crippen LogP contribution is 2.29.